The van der Waals surface area contributed by atoms with Gasteiger partial charge in [-0.15, -0.1) is 0 Å². The van der Waals surface area contributed by atoms with E-state index >= 15 is 0 Å². The van der Waals surface area contributed by atoms with Crippen LogP contribution in [0.25, 0.3) is 0 Å². The summed E-state index contributed by atoms with van der Waals surface area (Å²) in [5, 5.41) is 0. The third-order valence-corrected chi connectivity index (χ3v) is 5.38. The molecule has 1 saturated carbocycles. The molecule has 1 aliphatic heterocycles. The molecular weight excluding hydrogens is 236 g/mol. The van der Waals surface area contributed by atoms with Crippen molar-refractivity contribution in [3.63, 3.8) is 0 Å². The Labute approximate surface area is 115 Å². The van der Waals surface area contributed by atoms with E-state index in [9.17, 15) is 0 Å². The highest BCUT2D eigenvalue weighted by Gasteiger charge is 2.48. The van der Waals surface area contributed by atoms with E-state index in [-0.39, 0.29) is 5.79 Å². The van der Waals surface area contributed by atoms with Gasteiger partial charge in [-0.2, -0.15) is 0 Å². The largest absolute Gasteiger partial charge is 0.348 e. The quantitative estimate of drug-likeness (QED) is 0.710. The molecule has 2 spiro atoms. The van der Waals surface area contributed by atoms with E-state index in [1.165, 1.54) is 31.2 Å². The number of benzene rings is 1. The Morgan fingerprint density at radius 2 is 1.58 bits per heavy atom. The summed E-state index contributed by atoms with van der Waals surface area (Å²) in [6.45, 7) is 3.76. The summed E-state index contributed by atoms with van der Waals surface area (Å²) in [5.41, 5.74) is 5.06. The lowest BCUT2D eigenvalue weighted by molar-refractivity contribution is -0.191. The fourth-order valence-corrected chi connectivity index (χ4v) is 4.26. The smallest absolute Gasteiger partial charge is 0.168 e. The van der Waals surface area contributed by atoms with Crippen LogP contribution in [0.4, 0.5) is 0 Å². The number of hydrogen-bond donors (Lipinski definition) is 0. The van der Waals surface area contributed by atoms with Gasteiger partial charge in [-0.25, -0.2) is 0 Å². The van der Waals surface area contributed by atoms with Crippen molar-refractivity contribution >= 4 is 0 Å². The van der Waals surface area contributed by atoms with Crippen LogP contribution in [0.1, 0.15) is 42.4 Å². The average molecular weight is 258 g/mol. The first kappa shape index (κ1) is 11.9. The zero-order valence-electron chi connectivity index (χ0n) is 11.7. The molecule has 1 heterocycles. The molecule has 0 radical (unpaired) electrons. The second kappa shape index (κ2) is 4.07. The molecule has 2 heteroatoms. The molecule has 0 bridgehead atoms. The maximum absolute atomic E-state index is 5.86. The third-order valence-electron chi connectivity index (χ3n) is 5.38. The highest BCUT2D eigenvalue weighted by molar-refractivity contribution is 5.37. The van der Waals surface area contributed by atoms with Crippen LogP contribution in [0.15, 0.2) is 18.2 Å². The Kier molecular flexibility index (Phi) is 2.55. The zero-order valence-corrected chi connectivity index (χ0v) is 11.7. The monoisotopic (exact) mass is 258 g/mol. The van der Waals surface area contributed by atoms with Gasteiger partial charge in [0.05, 0.1) is 13.2 Å². The van der Waals surface area contributed by atoms with Gasteiger partial charge in [-0.1, -0.05) is 23.8 Å². The first-order valence-corrected chi connectivity index (χ1v) is 7.55. The van der Waals surface area contributed by atoms with Crippen molar-refractivity contribution in [1.29, 1.82) is 0 Å². The Bertz CT molecular complexity index is 490. The van der Waals surface area contributed by atoms with Crippen molar-refractivity contribution in [2.24, 2.45) is 5.41 Å². The van der Waals surface area contributed by atoms with Crippen LogP contribution < -0.4 is 0 Å². The van der Waals surface area contributed by atoms with Gasteiger partial charge < -0.3 is 9.47 Å². The van der Waals surface area contributed by atoms with Gasteiger partial charge in [0.1, 0.15) is 0 Å². The lowest BCUT2D eigenvalue weighted by Gasteiger charge is -2.41. The summed E-state index contributed by atoms with van der Waals surface area (Å²) in [4.78, 5) is 0. The van der Waals surface area contributed by atoms with Crippen molar-refractivity contribution in [3.05, 3.63) is 34.9 Å². The van der Waals surface area contributed by atoms with Crippen LogP contribution in [-0.4, -0.2) is 19.0 Å². The van der Waals surface area contributed by atoms with Crippen molar-refractivity contribution in [1.82, 2.24) is 0 Å². The van der Waals surface area contributed by atoms with E-state index in [0.717, 1.165) is 26.1 Å². The standard InChI is InChI=1S/C17H22O2/c1-13-2-3-14-11-16(12-15(14)10-13)4-6-17(7-5-16)18-8-9-19-17/h2-3,10H,4-9,11-12H2,1H3. The first-order valence-electron chi connectivity index (χ1n) is 7.55. The molecule has 1 aromatic rings. The van der Waals surface area contributed by atoms with Crippen LogP contribution in [0.3, 0.4) is 0 Å². The molecule has 2 nitrogen and oxygen atoms in total. The molecule has 2 fully saturated rings. The van der Waals surface area contributed by atoms with Gasteiger partial charge in [0.25, 0.3) is 0 Å². The van der Waals surface area contributed by atoms with Crippen molar-refractivity contribution < 1.29 is 9.47 Å². The molecule has 2 aliphatic carbocycles. The van der Waals surface area contributed by atoms with Gasteiger partial charge in [-0.3, -0.25) is 0 Å². The SMILES string of the molecule is Cc1ccc2c(c1)CC1(CCC3(CC1)OCCO3)C2. The molecule has 0 N–H and O–H groups in total. The van der Waals surface area contributed by atoms with Crippen molar-refractivity contribution in [3.8, 4) is 0 Å². The van der Waals surface area contributed by atoms with Gasteiger partial charge in [0, 0.05) is 12.8 Å². The molecule has 3 aliphatic rings. The van der Waals surface area contributed by atoms with E-state index in [1.54, 1.807) is 11.1 Å². The Morgan fingerprint density at radius 3 is 2.32 bits per heavy atom. The van der Waals surface area contributed by atoms with Crippen LogP contribution in [0.5, 0.6) is 0 Å². The lowest BCUT2D eigenvalue weighted by Crippen LogP contribution is -2.40. The zero-order chi connectivity index (χ0) is 12.9. The fraction of sp³-hybridized carbons (Fsp3) is 0.647. The van der Waals surface area contributed by atoms with Gasteiger partial charge >= 0.3 is 0 Å². The Hall–Kier alpha value is -0.860. The van der Waals surface area contributed by atoms with Crippen molar-refractivity contribution in [2.75, 3.05) is 13.2 Å². The summed E-state index contributed by atoms with van der Waals surface area (Å²) in [7, 11) is 0. The second-order valence-electron chi connectivity index (χ2n) is 6.73. The number of aryl methyl sites for hydroxylation is 1. The predicted octanol–water partition coefficient (Wildman–Crippen LogP) is 3.40. The first-order chi connectivity index (χ1) is 9.19. The molecular formula is C17H22O2. The van der Waals surface area contributed by atoms with Crippen LogP contribution in [0.2, 0.25) is 0 Å². The fourth-order valence-electron chi connectivity index (χ4n) is 4.26. The molecule has 0 unspecified atom stereocenters. The minimum absolute atomic E-state index is 0.212. The minimum Gasteiger partial charge on any atom is -0.348 e. The number of hydrogen-bond acceptors (Lipinski definition) is 2. The molecule has 0 amide bonds. The average Bonchev–Trinajstić information content (AvgIpc) is 2.98. The second-order valence-corrected chi connectivity index (χ2v) is 6.73. The Morgan fingerprint density at radius 1 is 0.895 bits per heavy atom. The summed E-state index contributed by atoms with van der Waals surface area (Å²) in [6.07, 6.45) is 7.19. The predicted molar refractivity (Wildman–Crippen MR) is 74.1 cm³/mol. The van der Waals surface area contributed by atoms with E-state index in [2.05, 4.69) is 25.1 Å². The molecule has 1 aromatic carbocycles. The number of fused-ring (bicyclic) bond motifs is 1. The molecule has 0 aromatic heterocycles. The molecule has 102 valence electrons. The molecule has 1 saturated heterocycles. The van der Waals surface area contributed by atoms with Crippen molar-refractivity contribution in [2.45, 2.75) is 51.2 Å². The number of rotatable bonds is 0. The summed E-state index contributed by atoms with van der Waals surface area (Å²) in [6, 6.07) is 6.98. The van der Waals surface area contributed by atoms with E-state index in [4.69, 9.17) is 9.47 Å². The topological polar surface area (TPSA) is 18.5 Å². The lowest BCUT2D eigenvalue weighted by atomic mass is 9.70. The molecule has 4 rings (SSSR count). The highest BCUT2D eigenvalue weighted by Crippen LogP contribution is 2.51. The summed E-state index contributed by atoms with van der Waals surface area (Å²) >= 11 is 0. The Balaban J connectivity index is 1.53. The van der Waals surface area contributed by atoms with E-state index in [0.29, 0.717) is 5.41 Å². The molecule has 19 heavy (non-hydrogen) atoms. The van der Waals surface area contributed by atoms with Crippen LogP contribution in [-0.2, 0) is 22.3 Å². The maximum atomic E-state index is 5.86. The normalized spacial score (nSPS) is 27.0. The van der Waals surface area contributed by atoms with Crippen LogP contribution in [0, 0.1) is 12.3 Å². The van der Waals surface area contributed by atoms with Gasteiger partial charge in [0.2, 0.25) is 0 Å². The third kappa shape index (κ3) is 1.93. The van der Waals surface area contributed by atoms with E-state index < -0.39 is 0 Å². The van der Waals surface area contributed by atoms with E-state index in [1.807, 2.05) is 0 Å². The minimum atomic E-state index is -0.212. The highest BCUT2D eigenvalue weighted by atomic mass is 16.7. The van der Waals surface area contributed by atoms with Gasteiger partial charge in [-0.05, 0) is 49.1 Å². The summed E-state index contributed by atoms with van der Waals surface area (Å²) < 4.78 is 11.7. The number of ether oxygens (including phenoxy) is 2. The van der Waals surface area contributed by atoms with Crippen LogP contribution >= 0.6 is 0 Å². The molecule has 0 atom stereocenters. The van der Waals surface area contributed by atoms with Gasteiger partial charge in [0.15, 0.2) is 5.79 Å². The summed E-state index contributed by atoms with van der Waals surface area (Å²) in [5.74, 6) is -0.212. The maximum Gasteiger partial charge on any atom is 0.168 e.